The normalized spacial score (nSPS) is 15.4. The van der Waals surface area contributed by atoms with Gasteiger partial charge in [-0.3, -0.25) is 0 Å². The van der Waals surface area contributed by atoms with Gasteiger partial charge in [0.15, 0.2) is 11.5 Å². The van der Waals surface area contributed by atoms with Crippen LogP contribution in [0.2, 0.25) is 0 Å². The van der Waals surface area contributed by atoms with Crippen molar-refractivity contribution < 1.29 is 9.47 Å². The monoisotopic (exact) mass is 261 g/mol. The third kappa shape index (κ3) is 1.98. The highest BCUT2D eigenvalue weighted by molar-refractivity contribution is 7.08. The standard InChI is InChI=1S/C14H15NO2S/c1-15-13(10-5-8-18-9-10)11-3-2-4-12-14(11)17-7-6-16-12/h2-5,8-9,13,15H,6-7H2,1H3. The summed E-state index contributed by atoms with van der Waals surface area (Å²) in [4.78, 5) is 0. The minimum absolute atomic E-state index is 0.146. The first kappa shape index (κ1) is 11.6. The topological polar surface area (TPSA) is 30.5 Å². The summed E-state index contributed by atoms with van der Waals surface area (Å²) in [6.45, 7) is 1.24. The maximum Gasteiger partial charge on any atom is 0.166 e. The second-order valence-electron chi connectivity index (χ2n) is 4.15. The van der Waals surface area contributed by atoms with Crippen molar-refractivity contribution in [2.24, 2.45) is 0 Å². The molecule has 2 aromatic rings. The highest BCUT2D eigenvalue weighted by atomic mass is 32.1. The smallest absolute Gasteiger partial charge is 0.166 e. The van der Waals surface area contributed by atoms with E-state index in [1.807, 2.05) is 19.2 Å². The molecular formula is C14H15NO2S. The third-order valence-electron chi connectivity index (χ3n) is 3.07. The van der Waals surface area contributed by atoms with Crippen LogP contribution in [0.1, 0.15) is 17.2 Å². The summed E-state index contributed by atoms with van der Waals surface area (Å²) >= 11 is 1.70. The van der Waals surface area contributed by atoms with Crippen molar-refractivity contribution in [1.29, 1.82) is 0 Å². The number of para-hydroxylation sites is 1. The van der Waals surface area contributed by atoms with E-state index in [0.29, 0.717) is 13.2 Å². The van der Waals surface area contributed by atoms with Crippen LogP contribution in [-0.2, 0) is 0 Å². The zero-order chi connectivity index (χ0) is 12.4. The minimum Gasteiger partial charge on any atom is -0.486 e. The van der Waals surface area contributed by atoms with Gasteiger partial charge in [-0.25, -0.2) is 0 Å². The molecule has 94 valence electrons. The van der Waals surface area contributed by atoms with Gasteiger partial charge in [-0.05, 0) is 35.5 Å². The van der Waals surface area contributed by atoms with Crippen LogP contribution in [0.3, 0.4) is 0 Å². The highest BCUT2D eigenvalue weighted by Gasteiger charge is 2.22. The van der Waals surface area contributed by atoms with E-state index in [9.17, 15) is 0 Å². The van der Waals surface area contributed by atoms with E-state index >= 15 is 0 Å². The predicted molar refractivity (Wildman–Crippen MR) is 72.7 cm³/mol. The van der Waals surface area contributed by atoms with Gasteiger partial charge >= 0.3 is 0 Å². The molecule has 0 saturated heterocycles. The van der Waals surface area contributed by atoms with Crippen LogP contribution in [0, 0.1) is 0 Å². The SMILES string of the molecule is CNC(c1ccsc1)c1cccc2c1OCCO2. The molecule has 0 aliphatic carbocycles. The summed E-state index contributed by atoms with van der Waals surface area (Å²) in [5.41, 5.74) is 2.39. The molecule has 1 unspecified atom stereocenters. The van der Waals surface area contributed by atoms with Gasteiger partial charge in [-0.2, -0.15) is 11.3 Å². The zero-order valence-electron chi connectivity index (χ0n) is 10.2. The first-order valence-electron chi connectivity index (χ1n) is 5.98. The van der Waals surface area contributed by atoms with Crippen LogP contribution in [-0.4, -0.2) is 20.3 Å². The summed E-state index contributed by atoms with van der Waals surface area (Å²) in [7, 11) is 1.96. The number of fused-ring (bicyclic) bond motifs is 1. The molecule has 1 aromatic carbocycles. The zero-order valence-corrected chi connectivity index (χ0v) is 11.0. The van der Waals surface area contributed by atoms with E-state index in [1.165, 1.54) is 5.56 Å². The van der Waals surface area contributed by atoms with Crippen LogP contribution in [0.5, 0.6) is 11.5 Å². The van der Waals surface area contributed by atoms with Crippen LogP contribution in [0.25, 0.3) is 0 Å². The molecule has 1 aromatic heterocycles. The van der Waals surface area contributed by atoms with Crippen molar-refractivity contribution in [1.82, 2.24) is 5.32 Å². The fourth-order valence-corrected chi connectivity index (χ4v) is 2.95. The van der Waals surface area contributed by atoms with E-state index < -0.39 is 0 Å². The number of benzene rings is 1. The lowest BCUT2D eigenvalue weighted by Gasteiger charge is -2.24. The molecule has 0 saturated carbocycles. The van der Waals surface area contributed by atoms with Crippen molar-refractivity contribution in [3.8, 4) is 11.5 Å². The second-order valence-corrected chi connectivity index (χ2v) is 4.93. The van der Waals surface area contributed by atoms with Crippen molar-refractivity contribution in [3.63, 3.8) is 0 Å². The molecule has 0 bridgehead atoms. The first-order valence-corrected chi connectivity index (χ1v) is 6.92. The lowest BCUT2D eigenvalue weighted by atomic mass is 10.00. The Morgan fingerprint density at radius 1 is 1.22 bits per heavy atom. The van der Waals surface area contributed by atoms with Gasteiger partial charge in [0, 0.05) is 5.56 Å². The quantitative estimate of drug-likeness (QED) is 0.921. The van der Waals surface area contributed by atoms with E-state index in [1.54, 1.807) is 11.3 Å². The number of thiophene rings is 1. The fourth-order valence-electron chi connectivity index (χ4n) is 2.26. The minimum atomic E-state index is 0.146. The second kappa shape index (κ2) is 5.00. The average molecular weight is 261 g/mol. The molecule has 0 spiro atoms. The molecule has 3 nitrogen and oxygen atoms in total. The molecule has 18 heavy (non-hydrogen) atoms. The van der Waals surface area contributed by atoms with Crippen molar-refractivity contribution in [3.05, 3.63) is 46.2 Å². The van der Waals surface area contributed by atoms with E-state index in [-0.39, 0.29) is 6.04 Å². The highest BCUT2D eigenvalue weighted by Crippen LogP contribution is 2.39. The number of nitrogens with one attached hydrogen (secondary N) is 1. The number of hydrogen-bond acceptors (Lipinski definition) is 4. The molecule has 4 heteroatoms. The Kier molecular flexibility index (Phi) is 3.21. The summed E-state index contributed by atoms with van der Waals surface area (Å²) in [6.07, 6.45) is 0. The fraction of sp³-hybridized carbons (Fsp3) is 0.286. The Balaban J connectivity index is 2.05. The van der Waals surface area contributed by atoms with Crippen LogP contribution >= 0.6 is 11.3 Å². The lowest BCUT2D eigenvalue weighted by molar-refractivity contribution is 0.169. The van der Waals surface area contributed by atoms with Gasteiger partial charge in [-0.1, -0.05) is 12.1 Å². The van der Waals surface area contributed by atoms with Crippen molar-refractivity contribution in [2.75, 3.05) is 20.3 Å². The van der Waals surface area contributed by atoms with Gasteiger partial charge in [-0.15, -0.1) is 0 Å². The Morgan fingerprint density at radius 3 is 2.89 bits per heavy atom. The average Bonchev–Trinajstić information content (AvgIpc) is 2.94. The first-order chi connectivity index (χ1) is 8.90. The lowest BCUT2D eigenvalue weighted by Crippen LogP contribution is -2.21. The molecule has 1 atom stereocenters. The maximum absolute atomic E-state index is 5.77. The van der Waals surface area contributed by atoms with Gasteiger partial charge < -0.3 is 14.8 Å². The van der Waals surface area contributed by atoms with E-state index in [2.05, 4.69) is 28.2 Å². The Labute approximate surface area is 110 Å². The van der Waals surface area contributed by atoms with Gasteiger partial charge in [0.1, 0.15) is 13.2 Å². The summed E-state index contributed by atoms with van der Waals surface area (Å²) in [6, 6.07) is 8.34. The summed E-state index contributed by atoms with van der Waals surface area (Å²) in [5.74, 6) is 1.71. The van der Waals surface area contributed by atoms with Gasteiger partial charge in [0.05, 0.1) is 6.04 Å². The molecule has 0 fully saturated rings. The molecular weight excluding hydrogens is 246 g/mol. The summed E-state index contributed by atoms with van der Waals surface area (Å²) in [5, 5.41) is 7.59. The predicted octanol–water partition coefficient (Wildman–Crippen LogP) is 2.83. The Hall–Kier alpha value is -1.52. The largest absolute Gasteiger partial charge is 0.486 e. The van der Waals surface area contributed by atoms with Crippen LogP contribution in [0.15, 0.2) is 35.0 Å². The van der Waals surface area contributed by atoms with Gasteiger partial charge in [0.2, 0.25) is 0 Å². The number of rotatable bonds is 3. The molecule has 1 aliphatic rings. The Bertz CT molecular complexity index is 525. The van der Waals surface area contributed by atoms with E-state index in [0.717, 1.165) is 17.1 Å². The molecule has 1 N–H and O–H groups in total. The molecule has 0 amide bonds. The summed E-state index contributed by atoms with van der Waals surface area (Å²) < 4.78 is 11.4. The molecule has 1 aliphatic heterocycles. The Morgan fingerprint density at radius 2 is 2.11 bits per heavy atom. The molecule has 3 rings (SSSR count). The number of ether oxygens (including phenoxy) is 2. The molecule has 0 radical (unpaired) electrons. The van der Waals surface area contributed by atoms with E-state index in [4.69, 9.17) is 9.47 Å². The van der Waals surface area contributed by atoms with Crippen LogP contribution in [0.4, 0.5) is 0 Å². The maximum atomic E-state index is 5.77. The van der Waals surface area contributed by atoms with Gasteiger partial charge in [0.25, 0.3) is 0 Å². The van der Waals surface area contributed by atoms with Crippen molar-refractivity contribution >= 4 is 11.3 Å². The molecule has 2 heterocycles. The van der Waals surface area contributed by atoms with Crippen molar-refractivity contribution in [2.45, 2.75) is 6.04 Å². The van der Waals surface area contributed by atoms with Crippen LogP contribution < -0.4 is 14.8 Å². The number of hydrogen-bond donors (Lipinski definition) is 1. The third-order valence-corrected chi connectivity index (χ3v) is 3.77.